The number of carbonyl (C=O) groups excluding carboxylic acids is 1. The maximum Gasteiger partial charge on any atom is 0.573 e. The Morgan fingerprint density at radius 1 is 1.08 bits per heavy atom. The van der Waals surface area contributed by atoms with E-state index in [1.807, 2.05) is 30.3 Å². The topological polar surface area (TPSA) is 38.3 Å². The fourth-order valence-electron chi connectivity index (χ4n) is 2.26. The molecule has 128 valence electrons. The van der Waals surface area contributed by atoms with Gasteiger partial charge < -0.3 is 10.1 Å². The third-order valence-electron chi connectivity index (χ3n) is 3.47. The lowest BCUT2D eigenvalue weighted by atomic mass is 10.1. The molecule has 0 aromatic heterocycles. The lowest BCUT2D eigenvalue weighted by molar-refractivity contribution is -0.274. The van der Waals surface area contributed by atoms with Crippen molar-refractivity contribution in [3.8, 4) is 5.75 Å². The van der Waals surface area contributed by atoms with E-state index in [1.54, 1.807) is 6.92 Å². The fraction of sp³-hybridized carbons (Fsp3) is 0.278. The van der Waals surface area contributed by atoms with Gasteiger partial charge in [0.1, 0.15) is 5.75 Å². The molecular formula is C18H18F3NO2. The van der Waals surface area contributed by atoms with E-state index in [4.69, 9.17) is 0 Å². The van der Waals surface area contributed by atoms with Gasteiger partial charge in [-0.2, -0.15) is 0 Å². The predicted molar refractivity (Wildman–Crippen MR) is 84.4 cm³/mol. The number of hydrogen-bond acceptors (Lipinski definition) is 2. The molecule has 0 aliphatic rings. The van der Waals surface area contributed by atoms with Gasteiger partial charge >= 0.3 is 6.36 Å². The number of benzene rings is 2. The summed E-state index contributed by atoms with van der Waals surface area (Å²) in [6, 6.07) is 14.8. The van der Waals surface area contributed by atoms with Crippen molar-refractivity contribution in [1.82, 2.24) is 5.32 Å². The summed E-state index contributed by atoms with van der Waals surface area (Å²) in [4.78, 5) is 12.0. The molecule has 0 saturated heterocycles. The second kappa shape index (κ2) is 7.86. The van der Waals surface area contributed by atoms with Crippen LogP contribution < -0.4 is 10.1 Å². The van der Waals surface area contributed by atoms with Crippen LogP contribution in [0.4, 0.5) is 13.2 Å². The van der Waals surface area contributed by atoms with E-state index in [9.17, 15) is 18.0 Å². The smallest absolute Gasteiger partial charge is 0.406 e. The molecule has 0 saturated carbocycles. The highest BCUT2D eigenvalue weighted by Crippen LogP contribution is 2.24. The summed E-state index contributed by atoms with van der Waals surface area (Å²) in [5, 5.41) is 2.83. The molecule has 1 unspecified atom stereocenters. The molecule has 0 radical (unpaired) electrons. The molecule has 0 spiro atoms. The second-order valence-electron chi connectivity index (χ2n) is 5.39. The summed E-state index contributed by atoms with van der Waals surface area (Å²) in [6.45, 7) is 1.78. The SMILES string of the molecule is CC(NC(=O)CCc1ccccc1)c1ccc(OC(F)(F)F)cc1. The van der Waals surface area contributed by atoms with E-state index in [1.165, 1.54) is 24.3 Å². The van der Waals surface area contributed by atoms with Crippen molar-refractivity contribution in [3.05, 3.63) is 65.7 Å². The lowest BCUT2D eigenvalue weighted by Gasteiger charge is -2.15. The number of ether oxygens (including phenoxy) is 1. The van der Waals surface area contributed by atoms with Gasteiger partial charge in [0.15, 0.2) is 0 Å². The van der Waals surface area contributed by atoms with Crippen LogP contribution in [0.3, 0.4) is 0 Å². The summed E-state index contributed by atoms with van der Waals surface area (Å²) in [6.07, 6.45) is -3.72. The minimum atomic E-state index is -4.71. The number of nitrogens with one attached hydrogen (secondary N) is 1. The van der Waals surface area contributed by atoms with Crippen LogP contribution in [0, 0.1) is 0 Å². The minimum absolute atomic E-state index is 0.109. The number of amides is 1. The van der Waals surface area contributed by atoms with Crippen LogP contribution in [-0.2, 0) is 11.2 Å². The quantitative estimate of drug-likeness (QED) is 0.849. The Balaban J connectivity index is 1.85. The van der Waals surface area contributed by atoms with Crippen LogP contribution in [0.15, 0.2) is 54.6 Å². The van der Waals surface area contributed by atoms with Gasteiger partial charge in [0.05, 0.1) is 6.04 Å². The first kappa shape index (κ1) is 17.8. The number of halogens is 3. The Morgan fingerprint density at radius 2 is 1.71 bits per heavy atom. The fourth-order valence-corrected chi connectivity index (χ4v) is 2.26. The third-order valence-corrected chi connectivity index (χ3v) is 3.47. The van der Waals surface area contributed by atoms with E-state index in [0.717, 1.165) is 5.56 Å². The summed E-state index contributed by atoms with van der Waals surface area (Å²) in [7, 11) is 0. The molecule has 1 N–H and O–H groups in total. The number of rotatable bonds is 6. The Morgan fingerprint density at radius 3 is 2.29 bits per heavy atom. The average Bonchev–Trinajstić information content (AvgIpc) is 2.53. The largest absolute Gasteiger partial charge is 0.573 e. The molecular weight excluding hydrogens is 319 g/mol. The maximum atomic E-state index is 12.1. The lowest BCUT2D eigenvalue weighted by Crippen LogP contribution is -2.26. The molecule has 24 heavy (non-hydrogen) atoms. The Hall–Kier alpha value is -2.50. The maximum absolute atomic E-state index is 12.1. The molecule has 0 aliphatic carbocycles. The summed E-state index contributed by atoms with van der Waals surface area (Å²) in [5.74, 6) is -0.393. The first-order chi connectivity index (χ1) is 11.3. The Kier molecular flexibility index (Phi) is 5.84. The van der Waals surface area contributed by atoms with Crippen LogP contribution in [-0.4, -0.2) is 12.3 Å². The van der Waals surface area contributed by atoms with Gasteiger partial charge in [-0.3, -0.25) is 4.79 Å². The molecule has 2 aromatic rings. The number of alkyl halides is 3. The van der Waals surface area contributed by atoms with Crippen molar-refractivity contribution in [2.45, 2.75) is 32.2 Å². The van der Waals surface area contributed by atoms with E-state index in [-0.39, 0.29) is 17.7 Å². The molecule has 0 heterocycles. The summed E-state index contributed by atoms with van der Waals surface area (Å²) >= 11 is 0. The zero-order chi connectivity index (χ0) is 17.6. The van der Waals surface area contributed by atoms with Gasteiger partial charge in [-0.25, -0.2) is 0 Å². The molecule has 1 amide bonds. The second-order valence-corrected chi connectivity index (χ2v) is 5.39. The average molecular weight is 337 g/mol. The molecule has 0 bridgehead atoms. The molecule has 3 nitrogen and oxygen atoms in total. The van der Waals surface area contributed by atoms with Crippen LogP contribution in [0.2, 0.25) is 0 Å². The zero-order valence-electron chi connectivity index (χ0n) is 13.1. The van der Waals surface area contributed by atoms with Crippen molar-refractivity contribution in [1.29, 1.82) is 0 Å². The Labute approximate surface area is 138 Å². The van der Waals surface area contributed by atoms with E-state index < -0.39 is 6.36 Å². The summed E-state index contributed by atoms with van der Waals surface area (Å²) in [5.41, 5.74) is 1.78. The molecule has 0 aliphatic heterocycles. The standard InChI is InChI=1S/C18H18F3NO2/c1-13(15-8-10-16(11-9-15)24-18(19,20)21)22-17(23)12-7-14-5-3-2-4-6-14/h2-6,8-11,13H,7,12H2,1H3,(H,22,23). The minimum Gasteiger partial charge on any atom is -0.406 e. The van der Waals surface area contributed by atoms with Gasteiger partial charge in [0.25, 0.3) is 0 Å². The van der Waals surface area contributed by atoms with Gasteiger partial charge in [-0.05, 0) is 36.6 Å². The highest BCUT2D eigenvalue weighted by atomic mass is 19.4. The van der Waals surface area contributed by atoms with Crippen molar-refractivity contribution in [3.63, 3.8) is 0 Å². The molecule has 2 rings (SSSR count). The highest BCUT2D eigenvalue weighted by Gasteiger charge is 2.31. The van der Waals surface area contributed by atoms with Crippen molar-refractivity contribution in [2.75, 3.05) is 0 Å². The number of carbonyl (C=O) groups is 1. The summed E-state index contributed by atoms with van der Waals surface area (Å²) < 4.78 is 40.2. The third kappa shape index (κ3) is 5.95. The van der Waals surface area contributed by atoms with E-state index >= 15 is 0 Å². The number of aryl methyl sites for hydroxylation is 1. The molecule has 0 fully saturated rings. The molecule has 2 aromatic carbocycles. The number of hydrogen-bond donors (Lipinski definition) is 1. The van der Waals surface area contributed by atoms with Crippen LogP contribution in [0.5, 0.6) is 5.75 Å². The first-order valence-electron chi connectivity index (χ1n) is 7.52. The van der Waals surface area contributed by atoms with Crippen molar-refractivity contribution in [2.24, 2.45) is 0 Å². The first-order valence-corrected chi connectivity index (χ1v) is 7.52. The van der Waals surface area contributed by atoms with Crippen LogP contribution in [0.25, 0.3) is 0 Å². The van der Waals surface area contributed by atoms with E-state index in [0.29, 0.717) is 18.4 Å². The van der Waals surface area contributed by atoms with Crippen LogP contribution >= 0.6 is 0 Å². The predicted octanol–water partition coefficient (Wildman–Crippen LogP) is 4.40. The van der Waals surface area contributed by atoms with Gasteiger partial charge in [0.2, 0.25) is 5.91 Å². The highest BCUT2D eigenvalue weighted by molar-refractivity contribution is 5.76. The molecule has 1 atom stereocenters. The van der Waals surface area contributed by atoms with E-state index in [2.05, 4.69) is 10.1 Å². The monoisotopic (exact) mass is 337 g/mol. The van der Waals surface area contributed by atoms with Gasteiger partial charge in [-0.1, -0.05) is 42.5 Å². The van der Waals surface area contributed by atoms with Crippen molar-refractivity contribution >= 4 is 5.91 Å². The Bertz CT molecular complexity index is 654. The normalized spacial score (nSPS) is 12.5. The van der Waals surface area contributed by atoms with Crippen LogP contribution in [0.1, 0.15) is 30.5 Å². The zero-order valence-corrected chi connectivity index (χ0v) is 13.1. The molecule has 6 heteroatoms. The van der Waals surface area contributed by atoms with Gasteiger partial charge in [-0.15, -0.1) is 13.2 Å². The van der Waals surface area contributed by atoms with Crippen molar-refractivity contribution < 1.29 is 22.7 Å². The van der Waals surface area contributed by atoms with Gasteiger partial charge in [0, 0.05) is 6.42 Å².